The summed E-state index contributed by atoms with van der Waals surface area (Å²) in [6.45, 7) is 1.53. The number of primary amides is 1. The molecule has 1 amide bonds. The van der Waals surface area contributed by atoms with Crippen LogP contribution in [-0.4, -0.2) is 33.4 Å². The molecule has 6 heteroatoms. The summed E-state index contributed by atoms with van der Waals surface area (Å²) in [4.78, 5) is 16.1. The van der Waals surface area contributed by atoms with Crippen LogP contribution in [-0.2, 0) is 17.7 Å². The van der Waals surface area contributed by atoms with Crippen molar-refractivity contribution in [3.8, 4) is 11.4 Å². The lowest BCUT2D eigenvalue weighted by Crippen LogP contribution is -2.11. The molecule has 2 N–H and O–H groups in total. The number of ether oxygens (including phenoxy) is 1. The van der Waals surface area contributed by atoms with Gasteiger partial charge in [-0.15, -0.1) is 0 Å². The molecule has 1 aromatic heterocycles. The lowest BCUT2D eigenvalue weighted by atomic mass is 10.1. The van der Waals surface area contributed by atoms with Crippen LogP contribution in [0, 0.1) is 0 Å². The van der Waals surface area contributed by atoms with Gasteiger partial charge < -0.3 is 10.5 Å². The van der Waals surface area contributed by atoms with Crippen LogP contribution in [0.4, 0.5) is 0 Å². The van der Waals surface area contributed by atoms with Gasteiger partial charge in [-0.2, -0.15) is 5.10 Å². The predicted molar refractivity (Wildman–Crippen MR) is 107 cm³/mol. The number of carbonyl (C=O) groups excluding carboxylic acids is 1. The molecule has 1 aliphatic rings. The highest BCUT2D eigenvalue weighted by Gasteiger charge is 2.18. The molecule has 1 aliphatic heterocycles. The molecule has 0 bridgehead atoms. The second kappa shape index (κ2) is 8.35. The Morgan fingerprint density at radius 2 is 1.93 bits per heavy atom. The molecular weight excluding hydrogens is 352 g/mol. The molecule has 1 atom stereocenters. The first kappa shape index (κ1) is 18.4. The van der Waals surface area contributed by atoms with Crippen molar-refractivity contribution in [2.24, 2.45) is 5.73 Å². The maximum atomic E-state index is 11.3. The van der Waals surface area contributed by atoms with E-state index in [1.165, 1.54) is 5.56 Å². The van der Waals surface area contributed by atoms with Crippen molar-refractivity contribution in [3.63, 3.8) is 0 Å². The zero-order valence-corrected chi connectivity index (χ0v) is 15.8. The van der Waals surface area contributed by atoms with E-state index in [0.29, 0.717) is 24.0 Å². The van der Waals surface area contributed by atoms with Gasteiger partial charge in [0.05, 0.1) is 12.6 Å². The maximum absolute atomic E-state index is 11.3. The molecule has 1 fully saturated rings. The summed E-state index contributed by atoms with van der Waals surface area (Å²) < 4.78 is 7.73. The zero-order chi connectivity index (χ0) is 19.3. The highest BCUT2D eigenvalue weighted by Crippen LogP contribution is 2.21. The van der Waals surface area contributed by atoms with E-state index in [0.717, 1.165) is 43.7 Å². The lowest BCUT2D eigenvalue weighted by molar-refractivity contribution is 0.1000. The molecule has 0 spiro atoms. The van der Waals surface area contributed by atoms with Crippen molar-refractivity contribution >= 4 is 5.91 Å². The van der Waals surface area contributed by atoms with Crippen LogP contribution in [0.15, 0.2) is 54.6 Å². The summed E-state index contributed by atoms with van der Waals surface area (Å²) in [6, 6.07) is 17.3. The summed E-state index contributed by atoms with van der Waals surface area (Å²) in [5, 5.41) is 4.74. The number of hydrogen-bond donors (Lipinski definition) is 1. The minimum Gasteiger partial charge on any atom is -0.378 e. The topological polar surface area (TPSA) is 83.0 Å². The van der Waals surface area contributed by atoms with Gasteiger partial charge in [0.15, 0.2) is 5.82 Å². The second-order valence-corrected chi connectivity index (χ2v) is 7.11. The highest BCUT2D eigenvalue weighted by molar-refractivity contribution is 5.93. The summed E-state index contributed by atoms with van der Waals surface area (Å²) in [6.07, 6.45) is 4.35. The summed E-state index contributed by atoms with van der Waals surface area (Å²) in [5.74, 6) is 1.17. The smallest absolute Gasteiger partial charge is 0.248 e. The van der Waals surface area contributed by atoms with Crippen LogP contribution < -0.4 is 5.73 Å². The molecular formula is C22H24N4O2. The molecule has 0 radical (unpaired) electrons. The van der Waals surface area contributed by atoms with Crippen LogP contribution >= 0.6 is 0 Å². The molecule has 28 heavy (non-hydrogen) atoms. The number of nitrogens with two attached hydrogens (primary N) is 1. The van der Waals surface area contributed by atoms with Crippen LogP contribution in [0.3, 0.4) is 0 Å². The molecule has 0 aliphatic carbocycles. The van der Waals surface area contributed by atoms with E-state index in [-0.39, 0.29) is 0 Å². The fraction of sp³-hybridized carbons (Fsp3) is 0.318. The Labute approximate surface area is 164 Å². The molecule has 2 aromatic carbocycles. The van der Waals surface area contributed by atoms with E-state index >= 15 is 0 Å². The third-order valence-electron chi connectivity index (χ3n) is 5.07. The first-order chi connectivity index (χ1) is 13.7. The highest BCUT2D eigenvalue weighted by atomic mass is 16.5. The van der Waals surface area contributed by atoms with E-state index in [1.807, 2.05) is 35.0 Å². The Bertz CT molecular complexity index is 929. The molecule has 1 saturated heterocycles. The summed E-state index contributed by atoms with van der Waals surface area (Å²) in [5.41, 5.74) is 7.86. The normalized spacial score (nSPS) is 16.4. The molecule has 3 aromatic rings. The Morgan fingerprint density at radius 3 is 2.61 bits per heavy atom. The van der Waals surface area contributed by atoms with Gasteiger partial charge in [-0.1, -0.05) is 42.5 Å². The first-order valence-electron chi connectivity index (χ1n) is 9.68. The fourth-order valence-corrected chi connectivity index (χ4v) is 3.51. The number of benzene rings is 2. The predicted octanol–water partition coefficient (Wildman–Crippen LogP) is 3.20. The van der Waals surface area contributed by atoms with E-state index in [4.69, 9.17) is 20.6 Å². The van der Waals surface area contributed by atoms with Gasteiger partial charge in [-0.25, -0.2) is 9.67 Å². The number of amides is 1. The molecule has 4 rings (SSSR count). The quantitative estimate of drug-likeness (QED) is 0.686. The number of carbonyl (C=O) groups is 1. The van der Waals surface area contributed by atoms with Gasteiger partial charge in [0.2, 0.25) is 5.91 Å². The van der Waals surface area contributed by atoms with Gasteiger partial charge in [0.25, 0.3) is 0 Å². The van der Waals surface area contributed by atoms with Crippen molar-refractivity contribution < 1.29 is 9.53 Å². The first-order valence-corrected chi connectivity index (χ1v) is 9.68. The van der Waals surface area contributed by atoms with Crippen molar-refractivity contribution in [2.45, 2.75) is 38.3 Å². The minimum absolute atomic E-state index is 0.320. The van der Waals surface area contributed by atoms with Crippen LogP contribution in [0.2, 0.25) is 0 Å². The average molecular weight is 376 g/mol. The third-order valence-corrected chi connectivity index (χ3v) is 5.07. The standard InChI is InChI=1S/C22H24N4O2/c23-21(27)17-8-10-18(11-9-17)22-24-20(13-12-19-7-4-14-28-19)26(25-22)15-16-5-2-1-3-6-16/h1-3,5-6,8-11,19H,4,7,12-15H2,(H2,23,27). The Morgan fingerprint density at radius 1 is 1.14 bits per heavy atom. The van der Waals surface area contributed by atoms with Crippen molar-refractivity contribution in [3.05, 3.63) is 71.5 Å². The monoisotopic (exact) mass is 376 g/mol. The fourth-order valence-electron chi connectivity index (χ4n) is 3.51. The Hall–Kier alpha value is -2.99. The van der Waals surface area contributed by atoms with Crippen LogP contribution in [0.25, 0.3) is 11.4 Å². The Balaban J connectivity index is 1.59. The van der Waals surface area contributed by atoms with Crippen molar-refractivity contribution in [1.29, 1.82) is 0 Å². The number of aryl methyl sites for hydroxylation is 1. The summed E-state index contributed by atoms with van der Waals surface area (Å²) in [7, 11) is 0. The SMILES string of the molecule is NC(=O)c1ccc(-c2nc(CCC3CCCO3)n(Cc3ccccc3)n2)cc1. The van der Waals surface area contributed by atoms with Gasteiger partial charge in [0, 0.05) is 24.2 Å². The number of hydrogen-bond acceptors (Lipinski definition) is 4. The maximum Gasteiger partial charge on any atom is 0.248 e. The molecule has 0 saturated carbocycles. The van der Waals surface area contributed by atoms with Gasteiger partial charge >= 0.3 is 0 Å². The van der Waals surface area contributed by atoms with Gasteiger partial charge in [-0.3, -0.25) is 4.79 Å². The number of aromatic nitrogens is 3. The zero-order valence-electron chi connectivity index (χ0n) is 15.8. The molecule has 2 heterocycles. The van der Waals surface area contributed by atoms with Gasteiger partial charge in [0.1, 0.15) is 5.82 Å². The summed E-state index contributed by atoms with van der Waals surface area (Å²) >= 11 is 0. The Kier molecular flexibility index (Phi) is 5.48. The van der Waals surface area contributed by atoms with Crippen LogP contribution in [0.5, 0.6) is 0 Å². The molecule has 1 unspecified atom stereocenters. The van der Waals surface area contributed by atoms with Crippen LogP contribution in [0.1, 0.15) is 41.0 Å². The number of nitrogens with zero attached hydrogens (tertiary/aromatic N) is 3. The van der Waals surface area contributed by atoms with E-state index in [1.54, 1.807) is 12.1 Å². The van der Waals surface area contributed by atoms with E-state index < -0.39 is 5.91 Å². The lowest BCUT2D eigenvalue weighted by Gasteiger charge is -2.09. The molecule has 6 nitrogen and oxygen atoms in total. The minimum atomic E-state index is -0.439. The second-order valence-electron chi connectivity index (χ2n) is 7.11. The molecule has 144 valence electrons. The van der Waals surface area contributed by atoms with E-state index in [2.05, 4.69) is 12.1 Å². The van der Waals surface area contributed by atoms with Crippen molar-refractivity contribution in [1.82, 2.24) is 14.8 Å². The number of rotatable bonds is 7. The van der Waals surface area contributed by atoms with Crippen molar-refractivity contribution in [2.75, 3.05) is 6.61 Å². The van der Waals surface area contributed by atoms with Gasteiger partial charge in [-0.05, 0) is 37.0 Å². The van der Waals surface area contributed by atoms with E-state index in [9.17, 15) is 4.79 Å². The average Bonchev–Trinajstić information content (AvgIpc) is 3.37. The third kappa shape index (κ3) is 4.28. The largest absolute Gasteiger partial charge is 0.378 e.